The molecule has 0 atom stereocenters. The molecule has 0 radical (unpaired) electrons. The van der Waals surface area contributed by atoms with Crippen molar-refractivity contribution in [3.8, 4) is 5.75 Å². The summed E-state index contributed by atoms with van der Waals surface area (Å²) in [5.74, 6) is 0.112. The van der Waals surface area contributed by atoms with Crippen LogP contribution in [0.2, 0.25) is 0 Å². The molecule has 3 nitrogen and oxygen atoms in total. The molecule has 0 heterocycles. The zero-order valence-corrected chi connectivity index (χ0v) is 12.0. The van der Waals surface area contributed by atoms with Gasteiger partial charge in [0.1, 0.15) is 0 Å². The Morgan fingerprint density at radius 1 is 1.35 bits per heavy atom. The van der Waals surface area contributed by atoms with Gasteiger partial charge in [0.25, 0.3) is 0 Å². The number of hydrogen-bond donors (Lipinski definition) is 1. The number of benzene rings is 1. The number of ether oxygens (including phenoxy) is 1. The lowest BCUT2D eigenvalue weighted by Gasteiger charge is -2.20. The van der Waals surface area contributed by atoms with Crippen LogP contribution in [0.25, 0.3) is 0 Å². The standard InChI is InChI=1S/C16H22FNO2/c1-2-20-15-9-8-12(10-14(15)17)11-18-16(19)13-6-4-3-5-7-13/h8-10,13H,2-7,11H2,1H3,(H,18,19). The van der Waals surface area contributed by atoms with E-state index >= 15 is 0 Å². The molecule has 1 amide bonds. The topological polar surface area (TPSA) is 38.3 Å². The van der Waals surface area contributed by atoms with Crippen LogP contribution in [0.15, 0.2) is 18.2 Å². The lowest BCUT2D eigenvalue weighted by molar-refractivity contribution is -0.126. The Kier molecular flexibility index (Phi) is 5.39. The maximum atomic E-state index is 13.7. The maximum absolute atomic E-state index is 13.7. The second kappa shape index (κ2) is 7.27. The van der Waals surface area contributed by atoms with E-state index < -0.39 is 0 Å². The summed E-state index contributed by atoms with van der Waals surface area (Å²) in [7, 11) is 0. The first kappa shape index (κ1) is 14.8. The van der Waals surface area contributed by atoms with Crippen LogP contribution in [0.5, 0.6) is 5.75 Å². The predicted octanol–water partition coefficient (Wildman–Crippen LogP) is 3.42. The largest absolute Gasteiger partial charge is 0.491 e. The molecule has 1 N–H and O–H groups in total. The first-order valence-corrected chi connectivity index (χ1v) is 7.39. The van der Waals surface area contributed by atoms with Gasteiger partial charge >= 0.3 is 0 Å². The van der Waals surface area contributed by atoms with Crippen LogP contribution in [0.3, 0.4) is 0 Å². The Labute approximate surface area is 119 Å². The number of hydrogen-bond acceptors (Lipinski definition) is 2. The summed E-state index contributed by atoms with van der Waals surface area (Å²) in [5.41, 5.74) is 0.759. The first-order chi connectivity index (χ1) is 9.70. The molecule has 20 heavy (non-hydrogen) atoms. The van der Waals surface area contributed by atoms with Crippen LogP contribution in [-0.2, 0) is 11.3 Å². The van der Waals surface area contributed by atoms with Crippen LogP contribution >= 0.6 is 0 Å². The van der Waals surface area contributed by atoms with Gasteiger partial charge in [-0.3, -0.25) is 4.79 Å². The van der Waals surface area contributed by atoms with E-state index in [2.05, 4.69) is 5.32 Å². The van der Waals surface area contributed by atoms with Gasteiger partial charge in [-0.1, -0.05) is 25.3 Å². The van der Waals surface area contributed by atoms with Crippen molar-refractivity contribution in [1.82, 2.24) is 5.32 Å². The summed E-state index contributed by atoms with van der Waals surface area (Å²) in [6.45, 7) is 2.63. The normalized spacial score (nSPS) is 15.9. The van der Waals surface area contributed by atoms with Crippen molar-refractivity contribution in [3.05, 3.63) is 29.6 Å². The fourth-order valence-corrected chi connectivity index (χ4v) is 2.63. The Hall–Kier alpha value is -1.58. The molecule has 0 unspecified atom stereocenters. The second-order valence-electron chi connectivity index (χ2n) is 5.25. The quantitative estimate of drug-likeness (QED) is 0.897. The number of nitrogens with one attached hydrogen (secondary N) is 1. The number of amides is 1. The molecule has 1 fully saturated rings. The molecule has 2 rings (SSSR count). The van der Waals surface area contributed by atoms with E-state index in [9.17, 15) is 9.18 Å². The van der Waals surface area contributed by atoms with Gasteiger partial charge in [-0.05, 0) is 37.5 Å². The molecule has 110 valence electrons. The van der Waals surface area contributed by atoms with Crippen LogP contribution < -0.4 is 10.1 Å². The molecule has 1 aromatic rings. The van der Waals surface area contributed by atoms with Crippen molar-refractivity contribution < 1.29 is 13.9 Å². The Bertz CT molecular complexity index is 456. The van der Waals surface area contributed by atoms with E-state index in [0.717, 1.165) is 31.2 Å². The van der Waals surface area contributed by atoms with Gasteiger partial charge in [0, 0.05) is 12.5 Å². The molecule has 1 aliphatic rings. The van der Waals surface area contributed by atoms with Gasteiger partial charge in [-0.25, -0.2) is 4.39 Å². The summed E-state index contributed by atoms with van der Waals surface area (Å²) >= 11 is 0. The third kappa shape index (κ3) is 3.95. The van der Waals surface area contributed by atoms with Crippen LogP contribution in [0.4, 0.5) is 4.39 Å². The third-order valence-electron chi connectivity index (χ3n) is 3.74. The van der Waals surface area contributed by atoms with Crippen molar-refractivity contribution in [2.75, 3.05) is 6.61 Å². The van der Waals surface area contributed by atoms with E-state index in [-0.39, 0.29) is 23.4 Å². The van der Waals surface area contributed by atoms with Crippen molar-refractivity contribution in [2.24, 2.45) is 5.92 Å². The number of rotatable bonds is 5. The van der Waals surface area contributed by atoms with E-state index in [1.807, 2.05) is 6.92 Å². The summed E-state index contributed by atoms with van der Waals surface area (Å²) in [6, 6.07) is 4.82. The van der Waals surface area contributed by atoms with E-state index in [4.69, 9.17) is 4.74 Å². The number of carbonyl (C=O) groups is 1. The predicted molar refractivity (Wildman–Crippen MR) is 76.0 cm³/mol. The first-order valence-electron chi connectivity index (χ1n) is 7.39. The van der Waals surface area contributed by atoms with Gasteiger partial charge in [0.05, 0.1) is 6.61 Å². The van der Waals surface area contributed by atoms with E-state index in [0.29, 0.717) is 13.2 Å². The molecule has 0 spiro atoms. The van der Waals surface area contributed by atoms with Gasteiger partial charge in [-0.15, -0.1) is 0 Å². The van der Waals surface area contributed by atoms with E-state index in [1.54, 1.807) is 12.1 Å². The van der Waals surface area contributed by atoms with E-state index in [1.165, 1.54) is 12.5 Å². The van der Waals surface area contributed by atoms with Crippen LogP contribution in [-0.4, -0.2) is 12.5 Å². The fraction of sp³-hybridized carbons (Fsp3) is 0.562. The molecule has 4 heteroatoms. The Balaban J connectivity index is 1.87. The van der Waals surface area contributed by atoms with Gasteiger partial charge < -0.3 is 10.1 Å². The molecule has 0 saturated heterocycles. The minimum atomic E-state index is -0.378. The molecule has 1 saturated carbocycles. The summed E-state index contributed by atoms with van der Waals surface area (Å²) in [6.07, 6.45) is 5.45. The highest BCUT2D eigenvalue weighted by Crippen LogP contribution is 2.24. The number of carbonyl (C=O) groups excluding carboxylic acids is 1. The van der Waals surface area contributed by atoms with Crippen LogP contribution in [0.1, 0.15) is 44.6 Å². The zero-order chi connectivity index (χ0) is 14.4. The molecular formula is C16H22FNO2. The highest BCUT2D eigenvalue weighted by atomic mass is 19.1. The molecule has 1 aromatic carbocycles. The third-order valence-corrected chi connectivity index (χ3v) is 3.74. The Morgan fingerprint density at radius 2 is 2.10 bits per heavy atom. The minimum absolute atomic E-state index is 0.0963. The highest BCUT2D eigenvalue weighted by Gasteiger charge is 2.20. The lowest BCUT2D eigenvalue weighted by Crippen LogP contribution is -2.31. The molecule has 0 aliphatic heterocycles. The van der Waals surface area contributed by atoms with Crippen LogP contribution in [0, 0.1) is 11.7 Å². The monoisotopic (exact) mass is 279 g/mol. The summed E-state index contributed by atoms with van der Waals surface area (Å²) < 4.78 is 18.8. The van der Waals surface area contributed by atoms with Crippen molar-refractivity contribution >= 4 is 5.91 Å². The summed E-state index contributed by atoms with van der Waals surface area (Å²) in [4.78, 5) is 12.0. The average Bonchev–Trinajstić information content (AvgIpc) is 2.48. The molecule has 0 bridgehead atoms. The SMILES string of the molecule is CCOc1ccc(CNC(=O)C2CCCCC2)cc1F. The fourth-order valence-electron chi connectivity index (χ4n) is 2.63. The lowest BCUT2D eigenvalue weighted by atomic mass is 9.88. The van der Waals surface area contributed by atoms with Gasteiger partial charge in [0.2, 0.25) is 5.91 Å². The molecule has 0 aromatic heterocycles. The smallest absolute Gasteiger partial charge is 0.223 e. The summed E-state index contributed by atoms with van der Waals surface area (Å²) in [5, 5.41) is 2.90. The second-order valence-corrected chi connectivity index (χ2v) is 5.25. The Morgan fingerprint density at radius 3 is 2.75 bits per heavy atom. The highest BCUT2D eigenvalue weighted by molar-refractivity contribution is 5.78. The molecular weight excluding hydrogens is 257 g/mol. The minimum Gasteiger partial charge on any atom is -0.491 e. The van der Waals surface area contributed by atoms with Gasteiger partial charge in [0.15, 0.2) is 11.6 Å². The van der Waals surface area contributed by atoms with Crippen molar-refractivity contribution in [3.63, 3.8) is 0 Å². The van der Waals surface area contributed by atoms with Crippen molar-refractivity contribution in [2.45, 2.75) is 45.6 Å². The van der Waals surface area contributed by atoms with Gasteiger partial charge in [-0.2, -0.15) is 0 Å². The van der Waals surface area contributed by atoms with Crippen molar-refractivity contribution in [1.29, 1.82) is 0 Å². The average molecular weight is 279 g/mol. The number of halogens is 1. The maximum Gasteiger partial charge on any atom is 0.223 e. The zero-order valence-electron chi connectivity index (χ0n) is 12.0. The molecule has 1 aliphatic carbocycles.